The summed E-state index contributed by atoms with van der Waals surface area (Å²) in [6, 6.07) is 0. The first-order chi connectivity index (χ1) is 7.41. The molecule has 0 saturated carbocycles. The van der Waals surface area contributed by atoms with E-state index in [-0.39, 0.29) is 6.54 Å². The Morgan fingerprint density at radius 3 is 1.94 bits per heavy atom. The van der Waals surface area contributed by atoms with Crippen molar-refractivity contribution in [2.75, 3.05) is 13.6 Å². The van der Waals surface area contributed by atoms with Gasteiger partial charge >= 0.3 is 0 Å². The van der Waals surface area contributed by atoms with Crippen molar-refractivity contribution in [1.82, 2.24) is 5.32 Å². The Balaban J connectivity index is 3.39. The molecule has 1 aromatic carbocycles. The molecule has 0 amide bonds. The van der Waals surface area contributed by atoms with Crippen LogP contribution in [0.15, 0.2) is 0 Å². The van der Waals surface area contributed by atoms with Gasteiger partial charge in [-0.2, -0.15) is 0 Å². The molecule has 0 aliphatic rings. The lowest BCUT2D eigenvalue weighted by Crippen LogP contribution is -2.20. The number of rotatable bonds is 3. The molecule has 7 heteroatoms. The summed E-state index contributed by atoms with van der Waals surface area (Å²) < 4.78 is 52.4. The standard InChI is InChI=1S/C9H8ClF4NO/c1-15-2-3(16)4-6(11)8(13)5(10)9(14)7(4)12/h3,15-16H,2H2,1H3. The average Bonchev–Trinajstić information content (AvgIpc) is 2.24. The molecule has 0 bridgehead atoms. The summed E-state index contributed by atoms with van der Waals surface area (Å²) in [5.41, 5.74) is -1.08. The van der Waals surface area contributed by atoms with Crippen molar-refractivity contribution in [3.63, 3.8) is 0 Å². The van der Waals surface area contributed by atoms with E-state index in [1.807, 2.05) is 0 Å². The van der Waals surface area contributed by atoms with Crippen molar-refractivity contribution < 1.29 is 22.7 Å². The van der Waals surface area contributed by atoms with Crippen LogP contribution in [0.5, 0.6) is 0 Å². The fraction of sp³-hybridized carbons (Fsp3) is 0.333. The molecule has 0 heterocycles. The maximum atomic E-state index is 13.2. The second-order valence-electron chi connectivity index (χ2n) is 3.06. The van der Waals surface area contributed by atoms with Gasteiger partial charge < -0.3 is 10.4 Å². The number of aliphatic hydroxyl groups is 1. The summed E-state index contributed by atoms with van der Waals surface area (Å²) in [6.07, 6.45) is -1.70. The zero-order chi connectivity index (χ0) is 12.5. The Bertz CT molecular complexity index is 384. The van der Waals surface area contributed by atoms with E-state index in [1.165, 1.54) is 7.05 Å². The minimum atomic E-state index is -1.72. The summed E-state index contributed by atoms with van der Waals surface area (Å²) >= 11 is 5.01. The van der Waals surface area contributed by atoms with Crippen LogP contribution in [0.1, 0.15) is 11.7 Å². The van der Waals surface area contributed by atoms with Crippen LogP contribution in [0.3, 0.4) is 0 Å². The number of likely N-dealkylation sites (N-methyl/N-ethyl adjacent to an activating group) is 1. The lowest BCUT2D eigenvalue weighted by Gasteiger charge is -2.14. The van der Waals surface area contributed by atoms with Gasteiger partial charge in [-0.1, -0.05) is 11.6 Å². The SMILES string of the molecule is CNCC(O)c1c(F)c(F)c(Cl)c(F)c1F. The summed E-state index contributed by atoms with van der Waals surface area (Å²) in [7, 11) is 1.40. The molecule has 0 radical (unpaired) electrons. The zero-order valence-corrected chi connectivity index (χ0v) is 8.88. The average molecular weight is 258 g/mol. The summed E-state index contributed by atoms with van der Waals surface area (Å²) in [6.45, 7) is -0.256. The van der Waals surface area contributed by atoms with E-state index in [9.17, 15) is 22.7 Å². The highest BCUT2D eigenvalue weighted by Gasteiger charge is 2.28. The molecule has 0 aliphatic heterocycles. The van der Waals surface area contributed by atoms with Crippen LogP contribution >= 0.6 is 11.6 Å². The van der Waals surface area contributed by atoms with Crippen molar-refractivity contribution in [2.45, 2.75) is 6.10 Å². The minimum Gasteiger partial charge on any atom is -0.387 e. The Labute approximate surface area is 93.8 Å². The molecule has 1 atom stereocenters. The highest BCUT2D eigenvalue weighted by Crippen LogP contribution is 2.30. The van der Waals surface area contributed by atoms with Gasteiger partial charge in [-0.15, -0.1) is 0 Å². The molecule has 0 aliphatic carbocycles. The van der Waals surface area contributed by atoms with E-state index >= 15 is 0 Å². The van der Waals surface area contributed by atoms with Crippen LogP contribution in [0.25, 0.3) is 0 Å². The van der Waals surface area contributed by atoms with Crippen LogP contribution in [-0.4, -0.2) is 18.7 Å². The van der Waals surface area contributed by atoms with Gasteiger partial charge in [0.2, 0.25) is 0 Å². The first-order valence-electron chi connectivity index (χ1n) is 4.25. The monoisotopic (exact) mass is 257 g/mol. The fourth-order valence-electron chi connectivity index (χ4n) is 1.21. The number of aliphatic hydroxyl groups excluding tert-OH is 1. The van der Waals surface area contributed by atoms with Crippen LogP contribution in [0, 0.1) is 23.3 Å². The van der Waals surface area contributed by atoms with Crippen molar-refractivity contribution in [1.29, 1.82) is 0 Å². The van der Waals surface area contributed by atoms with Crippen molar-refractivity contribution in [3.8, 4) is 0 Å². The normalized spacial score (nSPS) is 12.9. The third kappa shape index (κ3) is 2.14. The number of hydrogen-bond acceptors (Lipinski definition) is 2. The highest BCUT2D eigenvalue weighted by atomic mass is 35.5. The number of hydrogen-bond donors (Lipinski definition) is 2. The molecular formula is C9H8ClF4NO. The third-order valence-electron chi connectivity index (χ3n) is 1.97. The molecule has 0 spiro atoms. The molecule has 0 fully saturated rings. The van der Waals surface area contributed by atoms with E-state index in [1.54, 1.807) is 0 Å². The predicted molar refractivity (Wildman–Crippen MR) is 50.2 cm³/mol. The molecule has 0 saturated heterocycles. The van der Waals surface area contributed by atoms with Gasteiger partial charge in [-0.25, -0.2) is 17.6 Å². The number of benzene rings is 1. The van der Waals surface area contributed by atoms with Crippen molar-refractivity contribution >= 4 is 11.6 Å². The second kappa shape index (κ2) is 4.99. The maximum Gasteiger partial charge on any atom is 0.180 e. The molecule has 1 unspecified atom stereocenters. The van der Waals surface area contributed by atoms with Gasteiger partial charge in [0.25, 0.3) is 0 Å². The largest absolute Gasteiger partial charge is 0.387 e. The molecule has 1 rings (SSSR count). The Kier molecular flexibility index (Phi) is 4.12. The van der Waals surface area contributed by atoms with Crippen LogP contribution < -0.4 is 5.32 Å². The molecule has 0 aromatic heterocycles. The quantitative estimate of drug-likeness (QED) is 0.494. The summed E-state index contributed by atoms with van der Waals surface area (Å²) in [5, 5.41) is 10.4. The van der Waals surface area contributed by atoms with E-state index in [0.29, 0.717) is 0 Å². The van der Waals surface area contributed by atoms with Gasteiger partial charge in [0, 0.05) is 6.54 Å². The van der Waals surface area contributed by atoms with Gasteiger partial charge in [0.15, 0.2) is 23.3 Å². The maximum absolute atomic E-state index is 13.2. The summed E-state index contributed by atoms with van der Waals surface area (Å²) in [5.74, 6) is -6.81. The Morgan fingerprint density at radius 2 is 1.56 bits per heavy atom. The first kappa shape index (κ1) is 13.2. The van der Waals surface area contributed by atoms with Gasteiger partial charge in [0.1, 0.15) is 5.02 Å². The zero-order valence-electron chi connectivity index (χ0n) is 8.12. The highest BCUT2D eigenvalue weighted by molar-refractivity contribution is 6.30. The van der Waals surface area contributed by atoms with Gasteiger partial charge in [-0.05, 0) is 7.05 Å². The number of nitrogens with one attached hydrogen (secondary N) is 1. The topological polar surface area (TPSA) is 32.3 Å². The Hall–Kier alpha value is -0.850. The van der Waals surface area contributed by atoms with Crippen LogP contribution in [0.4, 0.5) is 17.6 Å². The molecular weight excluding hydrogens is 250 g/mol. The molecule has 16 heavy (non-hydrogen) atoms. The Morgan fingerprint density at radius 1 is 1.12 bits per heavy atom. The van der Waals surface area contributed by atoms with Crippen LogP contribution in [0.2, 0.25) is 5.02 Å². The van der Waals surface area contributed by atoms with E-state index in [2.05, 4.69) is 5.32 Å². The molecule has 1 aromatic rings. The predicted octanol–water partition coefficient (Wildman–Crippen LogP) is 2.15. The van der Waals surface area contributed by atoms with Gasteiger partial charge in [-0.3, -0.25) is 0 Å². The van der Waals surface area contributed by atoms with Crippen molar-refractivity contribution in [3.05, 3.63) is 33.9 Å². The minimum absolute atomic E-state index is 0.256. The van der Waals surface area contributed by atoms with Gasteiger partial charge in [0.05, 0.1) is 11.7 Å². The molecule has 2 N–H and O–H groups in total. The summed E-state index contributed by atoms with van der Waals surface area (Å²) in [4.78, 5) is 0. The van der Waals surface area contributed by atoms with Crippen LogP contribution in [-0.2, 0) is 0 Å². The first-order valence-corrected chi connectivity index (χ1v) is 4.63. The lowest BCUT2D eigenvalue weighted by atomic mass is 10.1. The van der Waals surface area contributed by atoms with Crippen molar-refractivity contribution in [2.24, 2.45) is 0 Å². The molecule has 2 nitrogen and oxygen atoms in total. The second-order valence-corrected chi connectivity index (χ2v) is 3.44. The fourth-order valence-corrected chi connectivity index (χ4v) is 1.38. The number of halogens is 5. The smallest absolute Gasteiger partial charge is 0.180 e. The van der Waals surface area contributed by atoms with E-state index < -0.39 is 40.0 Å². The third-order valence-corrected chi connectivity index (χ3v) is 2.31. The van der Waals surface area contributed by atoms with E-state index in [0.717, 1.165) is 0 Å². The lowest BCUT2D eigenvalue weighted by molar-refractivity contribution is 0.165. The molecule has 90 valence electrons. The van der Waals surface area contributed by atoms with E-state index in [4.69, 9.17) is 11.6 Å².